The largest absolute Gasteiger partial charge is 0.490 e. The molecule has 0 radical (unpaired) electrons. The van der Waals surface area contributed by atoms with Crippen LogP contribution in [0.4, 0.5) is 5.69 Å². The second-order valence-electron chi connectivity index (χ2n) is 8.99. The molecular weight excluding hydrogens is 488 g/mol. The predicted molar refractivity (Wildman–Crippen MR) is 144 cm³/mol. The molecule has 0 saturated heterocycles. The van der Waals surface area contributed by atoms with Crippen LogP contribution in [0, 0.1) is 6.92 Å². The number of rotatable bonds is 5. The standard InChI is InChI=1S/C29H23ClN4O3/c1-17-16-34-24(14-23(33-34)19-5-2-4-18(12-19)20-6-3-9-31-15-20)27(22(17)13-26(35)36)21-7-8-25-29(28(21)30)32-10-11-37-25/h2-9,12,14-16,32H,10-11,13H2,1H3,(H,35,36). The Bertz CT molecular complexity index is 1660. The summed E-state index contributed by atoms with van der Waals surface area (Å²) < 4.78 is 7.56. The maximum absolute atomic E-state index is 11.9. The minimum atomic E-state index is -0.909. The summed E-state index contributed by atoms with van der Waals surface area (Å²) in [5.41, 5.74) is 8.28. The van der Waals surface area contributed by atoms with Gasteiger partial charge in [-0.25, -0.2) is 4.52 Å². The van der Waals surface area contributed by atoms with Crippen LogP contribution in [-0.4, -0.2) is 38.8 Å². The van der Waals surface area contributed by atoms with Crippen molar-refractivity contribution < 1.29 is 14.6 Å². The van der Waals surface area contributed by atoms with E-state index in [1.54, 1.807) is 6.20 Å². The van der Waals surface area contributed by atoms with Crippen LogP contribution in [0.2, 0.25) is 5.02 Å². The second-order valence-corrected chi connectivity index (χ2v) is 9.37. The molecule has 5 aromatic rings. The molecule has 0 saturated carbocycles. The van der Waals surface area contributed by atoms with E-state index in [2.05, 4.69) is 16.4 Å². The number of carboxylic acid groups (broad SMARTS) is 1. The molecule has 7 nitrogen and oxygen atoms in total. The number of nitrogens with one attached hydrogen (secondary N) is 1. The van der Waals surface area contributed by atoms with Gasteiger partial charge < -0.3 is 15.2 Å². The lowest BCUT2D eigenvalue weighted by Crippen LogP contribution is -2.18. The fraction of sp³-hybridized carbons (Fsp3) is 0.138. The van der Waals surface area contributed by atoms with Crippen molar-refractivity contribution in [2.75, 3.05) is 18.5 Å². The van der Waals surface area contributed by atoms with Crippen molar-refractivity contribution in [3.8, 4) is 39.3 Å². The summed E-state index contributed by atoms with van der Waals surface area (Å²) in [4.78, 5) is 16.1. The molecule has 2 aromatic carbocycles. The van der Waals surface area contributed by atoms with Gasteiger partial charge in [-0.3, -0.25) is 9.78 Å². The van der Waals surface area contributed by atoms with E-state index in [0.29, 0.717) is 29.5 Å². The van der Waals surface area contributed by atoms with Gasteiger partial charge in [0, 0.05) is 47.4 Å². The van der Waals surface area contributed by atoms with Crippen LogP contribution in [0.3, 0.4) is 0 Å². The summed E-state index contributed by atoms with van der Waals surface area (Å²) in [6.45, 7) is 3.11. The maximum Gasteiger partial charge on any atom is 0.307 e. The Morgan fingerprint density at radius 3 is 2.78 bits per heavy atom. The summed E-state index contributed by atoms with van der Waals surface area (Å²) in [7, 11) is 0. The van der Waals surface area contributed by atoms with Gasteiger partial charge in [-0.15, -0.1) is 0 Å². The number of fused-ring (bicyclic) bond motifs is 2. The number of carbonyl (C=O) groups is 1. The van der Waals surface area contributed by atoms with Gasteiger partial charge in [0.05, 0.1) is 28.3 Å². The highest BCUT2D eigenvalue weighted by Crippen LogP contribution is 2.44. The Balaban J connectivity index is 1.56. The van der Waals surface area contributed by atoms with Gasteiger partial charge in [-0.2, -0.15) is 5.10 Å². The van der Waals surface area contributed by atoms with E-state index >= 15 is 0 Å². The lowest BCUT2D eigenvalue weighted by Gasteiger charge is -2.23. The summed E-state index contributed by atoms with van der Waals surface area (Å²) in [6.07, 6.45) is 5.32. The van der Waals surface area contributed by atoms with E-state index in [9.17, 15) is 9.90 Å². The van der Waals surface area contributed by atoms with Crippen LogP contribution in [0.25, 0.3) is 39.0 Å². The van der Waals surface area contributed by atoms with Crippen LogP contribution in [-0.2, 0) is 11.2 Å². The Labute approximate surface area is 218 Å². The highest BCUT2D eigenvalue weighted by molar-refractivity contribution is 6.36. The number of aryl methyl sites for hydroxylation is 1. The summed E-state index contributed by atoms with van der Waals surface area (Å²) in [6, 6.07) is 17.8. The zero-order chi connectivity index (χ0) is 25.5. The zero-order valence-electron chi connectivity index (χ0n) is 20.0. The first kappa shape index (κ1) is 23.1. The molecule has 8 heteroatoms. The van der Waals surface area contributed by atoms with Gasteiger partial charge in [0.15, 0.2) is 0 Å². The molecule has 4 heterocycles. The molecule has 0 atom stereocenters. The van der Waals surface area contributed by atoms with Crippen molar-refractivity contribution in [3.05, 3.63) is 89.3 Å². The topological polar surface area (TPSA) is 88.8 Å². The van der Waals surface area contributed by atoms with Crippen molar-refractivity contribution in [2.24, 2.45) is 0 Å². The average Bonchev–Trinajstić information content (AvgIpc) is 3.34. The molecule has 0 amide bonds. The Kier molecular flexibility index (Phi) is 5.77. The summed E-state index contributed by atoms with van der Waals surface area (Å²) in [5, 5.41) is 18.4. The highest BCUT2D eigenvalue weighted by Gasteiger charge is 2.23. The molecule has 184 valence electrons. The monoisotopic (exact) mass is 510 g/mol. The van der Waals surface area contributed by atoms with E-state index in [-0.39, 0.29) is 6.42 Å². The van der Waals surface area contributed by atoms with E-state index in [1.165, 1.54) is 0 Å². The highest BCUT2D eigenvalue weighted by atomic mass is 35.5. The lowest BCUT2D eigenvalue weighted by molar-refractivity contribution is -0.136. The number of anilines is 1. The van der Waals surface area contributed by atoms with Gasteiger partial charge in [-0.1, -0.05) is 35.9 Å². The average molecular weight is 511 g/mol. The first-order valence-electron chi connectivity index (χ1n) is 11.9. The fourth-order valence-corrected chi connectivity index (χ4v) is 5.20. The lowest BCUT2D eigenvalue weighted by atomic mass is 9.93. The molecule has 0 unspecified atom stereocenters. The number of benzene rings is 2. The third-order valence-corrected chi connectivity index (χ3v) is 6.99. The SMILES string of the molecule is Cc1cn2nc(-c3cccc(-c4cccnc4)c3)cc2c(-c2ccc3c(c2Cl)NCCO3)c1CC(=O)O. The Morgan fingerprint density at radius 2 is 1.97 bits per heavy atom. The number of hydrogen-bond acceptors (Lipinski definition) is 5. The number of carboxylic acids is 1. The Hall–Kier alpha value is -4.36. The molecule has 37 heavy (non-hydrogen) atoms. The van der Waals surface area contributed by atoms with Crippen LogP contribution in [0.5, 0.6) is 5.75 Å². The zero-order valence-corrected chi connectivity index (χ0v) is 20.8. The molecule has 1 aliphatic heterocycles. The molecule has 0 fully saturated rings. The molecule has 2 N–H and O–H groups in total. The van der Waals surface area contributed by atoms with Crippen LogP contribution in [0.1, 0.15) is 11.1 Å². The second kappa shape index (κ2) is 9.26. The van der Waals surface area contributed by atoms with E-state index in [1.807, 2.05) is 72.4 Å². The maximum atomic E-state index is 11.9. The van der Waals surface area contributed by atoms with E-state index in [0.717, 1.165) is 50.3 Å². The first-order chi connectivity index (χ1) is 18.0. The fourth-order valence-electron chi connectivity index (χ4n) is 4.88. The van der Waals surface area contributed by atoms with Crippen molar-refractivity contribution in [2.45, 2.75) is 13.3 Å². The van der Waals surface area contributed by atoms with Crippen molar-refractivity contribution in [1.29, 1.82) is 0 Å². The molecule has 0 bridgehead atoms. The van der Waals surface area contributed by atoms with Gasteiger partial charge in [-0.05, 0) is 53.9 Å². The van der Waals surface area contributed by atoms with E-state index in [4.69, 9.17) is 21.4 Å². The smallest absolute Gasteiger partial charge is 0.307 e. The molecule has 0 aliphatic carbocycles. The molecular formula is C29H23ClN4O3. The third kappa shape index (κ3) is 4.17. The first-order valence-corrected chi connectivity index (χ1v) is 12.3. The third-order valence-electron chi connectivity index (χ3n) is 6.60. The number of ether oxygens (including phenoxy) is 1. The normalized spacial score (nSPS) is 12.6. The minimum absolute atomic E-state index is 0.133. The van der Waals surface area contributed by atoms with Gasteiger partial charge >= 0.3 is 5.97 Å². The number of aliphatic carboxylic acids is 1. The number of pyridine rings is 2. The summed E-state index contributed by atoms with van der Waals surface area (Å²) in [5.74, 6) is -0.224. The number of nitrogens with zero attached hydrogens (tertiary/aromatic N) is 3. The van der Waals surface area contributed by atoms with Crippen LogP contribution >= 0.6 is 11.6 Å². The molecule has 0 spiro atoms. The number of hydrogen-bond donors (Lipinski definition) is 2. The number of aromatic nitrogens is 3. The van der Waals surface area contributed by atoms with Gasteiger partial charge in [0.25, 0.3) is 0 Å². The minimum Gasteiger partial charge on any atom is -0.490 e. The number of halogens is 1. The van der Waals surface area contributed by atoms with Crippen molar-refractivity contribution in [3.63, 3.8) is 0 Å². The van der Waals surface area contributed by atoms with Crippen LogP contribution < -0.4 is 10.1 Å². The van der Waals surface area contributed by atoms with Crippen molar-refractivity contribution >= 4 is 28.8 Å². The van der Waals surface area contributed by atoms with Gasteiger partial charge in [0.1, 0.15) is 12.4 Å². The van der Waals surface area contributed by atoms with Gasteiger partial charge in [0.2, 0.25) is 0 Å². The molecule has 1 aliphatic rings. The quantitative estimate of drug-likeness (QED) is 0.296. The Morgan fingerprint density at radius 1 is 1.14 bits per heavy atom. The molecule has 3 aromatic heterocycles. The van der Waals surface area contributed by atoms with Crippen molar-refractivity contribution in [1.82, 2.24) is 14.6 Å². The predicted octanol–water partition coefficient (Wildman–Crippen LogP) is 6.12. The molecule has 6 rings (SSSR count). The van der Waals surface area contributed by atoms with Crippen LogP contribution in [0.15, 0.2) is 73.2 Å². The van der Waals surface area contributed by atoms with E-state index < -0.39 is 5.97 Å². The summed E-state index contributed by atoms with van der Waals surface area (Å²) >= 11 is 6.91.